The van der Waals surface area contributed by atoms with Gasteiger partial charge < -0.3 is 5.32 Å². The van der Waals surface area contributed by atoms with Gasteiger partial charge in [-0.15, -0.1) is 0 Å². The van der Waals surface area contributed by atoms with Crippen LogP contribution in [0.1, 0.15) is 165 Å². The summed E-state index contributed by atoms with van der Waals surface area (Å²) < 4.78 is 0. The van der Waals surface area contributed by atoms with Gasteiger partial charge in [-0.3, -0.25) is 4.98 Å². The molecule has 1 aliphatic carbocycles. The third-order valence-electron chi connectivity index (χ3n) is 11.6. The summed E-state index contributed by atoms with van der Waals surface area (Å²) in [4.78, 5) is 15.2. The van der Waals surface area contributed by atoms with Crippen LogP contribution in [-0.2, 0) is 11.8 Å². The highest BCUT2D eigenvalue weighted by Crippen LogP contribution is 2.55. The first-order valence-electron chi connectivity index (χ1n) is 21.0. The Balaban J connectivity index is 1.32. The van der Waals surface area contributed by atoms with E-state index in [-0.39, 0.29) is 17.0 Å². The first kappa shape index (κ1) is 38.7. The predicted octanol–water partition coefficient (Wildman–Crippen LogP) is 13.6. The molecule has 6 rings (SSSR count). The number of pyridine rings is 1. The summed E-state index contributed by atoms with van der Waals surface area (Å²) in [6, 6.07) is 29.4. The molecule has 1 aromatic heterocycles. The van der Waals surface area contributed by atoms with Crippen LogP contribution in [0.15, 0.2) is 95.0 Å². The van der Waals surface area contributed by atoms with Crippen LogP contribution in [0.2, 0.25) is 0 Å². The summed E-state index contributed by atoms with van der Waals surface area (Å²) in [5.41, 5.74) is 11.7. The zero-order valence-electron chi connectivity index (χ0n) is 33.6. The lowest BCUT2D eigenvalue weighted by atomic mass is 9.70. The Morgan fingerprint density at radius 1 is 0.642 bits per heavy atom. The molecule has 1 N–H and O–H groups in total. The van der Waals surface area contributed by atoms with E-state index in [1.807, 2.05) is 12.3 Å². The van der Waals surface area contributed by atoms with Gasteiger partial charge >= 0.3 is 0 Å². The first-order valence-corrected chi connectivity index (χ1v) is 21.0. The van der Waals surface area contributed by atoms with Crippen molar-refractivity contribution in [1.29, 1.82) is 0 Å². The Kier molecular flexibility index (Phi) is 13.0. The third kappa shape index (κ3) is 9.02. The molecule has 0 fully saturated rings. The molecule has 4 heteroatoms. The quantitative estimate of drug-likeness (QED) is 0.105. The van der Waals surface area contributed by atoms with E-state index in [1.54, 1.807) is 5.56 Å². The Bertz CT molecular complexity index is 1830. The fourth-order valence-corrected chi connectivity index (χ4v) is 8.45. The number of rotatable bonds is 18. The lowest BCUT2D eigenvalue weighted by Crippen LogP contribution is -2.36. The van der Waals surface area contributed by atoms with Crippen LogP contribution >= 0.6 is 0 Å². The van der Waals surface area contributed by atoms with E-state index in [0.717, 1.165) is 34.9 Å². The zero-order valence-corrected chi connectivity index (χ0v) is 33.6. The molecule has 0 amide bonds. The Labute approximate surface area is 321 Å². The van der Waals surface area contributed by atoms with E-state index in [0.29, 0.717) is 0 Å². The number of unbranched alkanes of at least 4 members (excludes halogenated alkanes) is 10. The summed E-state index contributed by atoms with van der Waals surface area (Å²) >= 11 is 0. The number of hydrogen-bond donors (Lipinski definition) is 1. The number of nitrogens with zero attached hydrogens (tertiary/aromatic N) is 3. The number of hydrogen-bond acceptors (Lipinski definition) is 4. The van der Waals surface area contributed by atoms with Crippen molar-refractivity contribution >= 4 is 11.7 Å². The molecule has 2 heterocycles. The second kappa shape index (κ2) is 17.9. The molecule has 1 atom stereocenters. The van der Waals surface area contributed by atoms with Crippen LogP contribution < -0.4 is 5.32 Å². The Morgan fingerprint density at radius 2 is 1.26 bits per heavy atom. The minimum absolute atomic E-state index is 0.0541. The number of fused-ring (bicyclic) bond motifs is 3. The normalized spacial score (nSPS) is 16.1. The fraction of sp³-hybridized carbons (Fsp3) is 0.490. The Hall–Kier alpha value is -4.05. The van der Waals surface area contributed by atoms with Gasteiger partial charge in [-0.05, 0) is 59.2 Å². The molecule has 0 radical (unpaired) electrons. The van der Waals surface area contributed by atoms with Gasteiger partial charge in [0, 0.05) is 33.7 Å². The smallest absolute Gasteiger partial charge is 0.149 e. The van der Waals surface area contributed by atoms with Crippen molar-refractivity contribution in [2.75, 3.05) is 0 Å². The fourth-order valence-electron chi connectivity index (χ4n) is 8.45. The van der Waals surface area contributed by atoms with Crippen molar-refractivity contribution in [2.24, 2.45) is 15.4 Å². The van der Waals surface area contributed by atoms with Crippen LogP contribution in [-0.4, -0.2) is 16.7 Å². The van der Waals surface area contributed by atoms with E-state index in [1.165, 1.54) is 118 Å². The highest BCUT2D eigenvalue weighted by Gasteiger charge is 2.42. The molecule has 53 heavy (non-hydrogen) atoms. The number of nitrogens with one attached hydrogen (secondary N) is 1. The number of amidine groups is 2. The maximum absolute atomic E-state index is 5.12. The van der Waals surface area contributed by atoms with Crippen molar-refractivity contribution in [3.63, 3.8) is 0 Å². The van der Waals surface area contributed by atoms with E-state index in [9.17, 15) is 0 Å². The molecule has 2 aliphatic rings. The minimum atomic E-state index is -0.247. The lowest BCUT2D eigenvalue weighted by molar-refractivity contribution is 0.397. The van der Waals surface area contributed by atoms with Crippen LogP contribution in [0.5, 0.6) is 0 Å². The topological polar surface area (TPSA) is 49.6 Å². The molecule has 4 aromatic rings. The molecule has 3 aromatic carbocycles. The number of aliphatic imine (C=N–C) groups is 2. The van der Waals surface area contributed by atoms with Gasteiger partial charge in [0.2, 0.25) is 0 Å². The number of aryl methyl sites for hydroxylation is 1. The summed E-state index contributed by atoms with van der Waals surface area (Å²) in [6.07, 6.45) is 21.2. The molecule has 280 valence electrons. The van der Waals surface area contributed by atoms with E-state index >= 15 is 0 Å². The monoisotopic (exact) mass is 709 g/mol. The summed E-state index contributed by atoms with van der Waals surface area (Å²) in [5, 5.41) is 3.60. The second-order valence-corrected chi connectivity index (χ2v) is 16.7. The van der Waals surface area contributed by atoms with Crippen LogP contribution in [0.3, 0.4) is 0 Å². The largest absolute Gasteiger partial charge is 0.344 e. The number of benzene rings is 3. The van der Waals surface area contributed by atoms with Gasteiger partial charge in [0.15, 0.2) is 0 Å². The van der Waals surface area contributed by atoms with Crippen LogP contribution in [0, 0.1) is 5.41 Å². The molecular weight excluding hydrogens is 645 g/mol. The summed E-state index contributed by atoms with van der Waals surface area (Å²) in [5.74, 6) is 1.71. The minimum Gasteiger partial charge on any atom is -0.344 e. The van der Waals surface area contributed by atoms with Crippen molar-refractivity contribution in [1.82, 2.24) is 10.3 Å². The van der Waals surface area contributed by atoms with Crippen LogP contribution in [0.25, 0.3) is 22.4 Å². The van der Waals surface area contributed by atoms with Gasteiger partial charge in [0.05, 0.1) is 5.69 Å². The second-order valence-electron chi connectivity index (χ2n) is 16.7. The van der Waals surface area contributed by atoms with Crippen molar-refractivity contribution in [3.8, 4) is 22.4 Å². The predicted molar refractivity (Wildman–Crippen MR) is 227 cm³/mol. The van der Waals surface area contributed by atoms with Crippen molar-refractivity contribution < 1.29 is 0 Å². The van der Waals surface area contributed by atoms with Crippen molar-refractivity contribution in [3.05, 3.63) is 113 Å². The van der Waals surface area contributed by atoms with E-state index in [4.69, 9.17) is 15.0 Å². The molecule has 0 saturated carbocycles. The molecule has 1 unspecified atom stereocenters. The van der Waals surface area contributed by atoms with Gasteiger partial charge in [0.1, 0.15) is 17.8 Å². The molecule has 0 saturated heterocycles. The van der Waals surface area contributed by atoms with Gasteiger partial charge in [-0.2, -0.15) is 0 Å². The van der Waals surface area contributed by atoms with E-state index in [2.05, 4.69) is 120 Å². The highest BCUT2D eigenvalue weighted by molar-refractivity contribution is 6.09. The molecule has 0 spiro atoms. The SMILES string of the molecule is CCCCCCCCC1(CCCCCCCC)c2cc(CC)ccc2-c2ccc(-c3ccc(C4N=C(C(C)(C)C)N=C(c5ccccc5)N4)cn3)cc21. The van der Waals surface area contributed by atoms with Gasteiger partial charge in [-0.1, -0.05) is 185 Å². The first-order chi connectivity index (χ1) is 25.8. The molecule has 0 bridgehead atoms. The Morgan fingerprint density at radius 3 is 1.87 bits per heavy atom. The summed E-state index contributed by atoms with van der Waals surface area (Å²) in [6.45, 7) is 13.5. The summed E-state index contributed by atoms with van der Waals surface area (Å²) in [7, 11) is 0. The molecule has 1 aliphatic heterocycles. The molecular formula is C49H64N4. The molecule has 4 nitrogen and oxygen atoms in total. The zero-order chi connectivity index (χ0) is 37.3. The maximum atomic E-state index is 5.12. The van der Waals surface area contributed by atoms with E-state index < -0.39 is 0 Å². The standard InChI is InChI=1S/C49H64N4/c1-7-10-12-14-16-21-31-49(32-22-17-15-13-11-8-2)42-33-36(9-3)25-28-40(42)41-29-26-38(34-43(41)49)44-30-27-39(35-50-44)46-51-45(37-23-19-18-20-24-37)52-47(53-46)48(4,5)6/h18-20,23-30,33-35,46H,7-17,21-22,31-32H2,1-6H3,(H,51,52,53). The average Bonchev–Trinajstić information content (AvgIpc) is 3.45. The highest BCUT2D eigenvalue weighted by atomic mass is 15.2. The lowest BCUT2D eigenvalue weighted by Gasteiger charge is -2.33. The van der Waals surface area contributed by atoms with Gasteiger partial charge in [-0.25, -0.2) is 9.98 Å². The maximum Gasteiger partial charge on any atom is 0.149 e. The average molecular weight is 709 g/mol. The number of aromatic nitrogens is 1. The third-order valence-corrected chi connectivity index (χ3v) is 11.6. The van der Waals surface area contributed by atoms with Crippen LogP contribution in [0.4, 0.5) is 0 Å². The van der Waals surface area contributed by atoms with Crippen molar-refractivity contribution in [2.45, 2.75) is 149 Å². The van der Waals surface area contributed by atoms with Gasteiger partial charge in [0.25, 0.3) is 0 Å².